The van der Waals surface area contributed by atoms with Gasteiger partial charge in [-0.25, -0.2) is 0 Å². The SMILES string of the molecule is CC1(C)c2ccccc2-c2ccc3c([nH]c4c5ccccc5c5ccccc5c34)c21. The summed E-state index contributed by atoms with van der Waals surface area (Å²) in [6.07, 6.45) is 0. The summed E-state index contributed by atoms with van der Waals surface area (Å²) in [6, 6.07) is 31.1. The van der Waals surface area contributed by atoms with Gasteiger partial charge in [0.1, 0.15) is 0 Å². The van der Waals surface area contributed by atoms with Crippen LogP contribution in [0.1, 0.15) is 25.0 Å². The molecule has 1 N–H and O–H groups in total. The van der Waals surface area contributed by atoms with Gasteiger partial charge < -0.3 is 4.98 Å². The van der Waals surface area contributed by atoms with E-state index in [0.29, 0.717) is 0 Å². The lowest BCUT2D eigenvalue weighted by atomic mass is 9.81. The van der Waals surface area contributed by atoms with Crippen molar-refractivity contribution in [3.05, 3.63) is 96.1 Å². The standard InChI is InChI=1S/C29H21N/c1-29(2)24-14-8-7-11-19(24)21-15-16-23-25-20-12-5-3-9-17(20)18-10-4-6-13-22(18)27(25)30-28(23)26(21)29/h3-16,30H,1-2H3. The van der Waals surface area contributed by atoms with Crippen molar-refractivity contribution >= 4 is 43.4 Å². The van der Waals surface area contributed by atoms with Crippen LogP contribution in [0.2, 0.25) is 0 Å². The molecule has 0 saturated heterocycles. The highest BCUT2D eigenvalue weighted by Gasteiger charge is 2.37. The quantitative estimate of drug-likeness (QED) is 0.256. The van der Waals surface area contributed by atoms with Gasteiger partial charge in [-0.05, 0) is 38.4 Å². The fourth-order valence-electron chi connectivity index (χ4n) is 5.89. The summed E-state index contributed by atoms with van der Waals surface area (Å²) < 4.78 is 0. The average molecular weight is 383 g/mol. The van der Waals surface area contributed by atoms with Gasteiger partial charge in [0.2, 0.25) is 0 Å². The Morgan fingerprint density at radius 1 is 0.533 bits per heavy atom. The maximum absolute atomic E-state index is 3.90. The Labute approximate surface area is 175 Å². The topological polar surface area (TPSA) is 15.8 Å². The third-order valence-electron chi connectivity index (χ3n) is 7.17. The van der Waals surface area contributed by atoms with E-state index in [1.165, 1.54) is 65.6 Å². The molecule has 0 atom stereocenters. The lowest BCUT2D eigenvalue weighted by molar-refractivity contribution is 0.665. The fourth-order valence-corrected chi connectivity index (χ4v) is 5.89. The van der Waals surface area contributed by atoms with Gasteiger partial charge in [-0.1, -0.05) is 98.8 Å². The van der Waals surface area contributed by atoms with Crippen molar-refractivity contribution in [2.75, 3.05) is 0 Å². The Morgan fingerprint density at radius 2 is 1.17 bits per heavy atom. The molecule has 1 aromatic heterocycles. The molecule has 0 aliphatic heterocycles. The minimum atomic E-state index is -0.0298. The fraction of sp³-hybridized carbons (Fsp3) is 0.103. The minimum absolute atomic E-state index is 0.0298. The van der Waals surface area contributed by atoms with E-state index in [2.05, 4.69) is 104 Å². The lowest BCUT2D eigenvalue weighted by Gasteiger charge is -2.22. The molecule has 1 aliphatic carbocycles. The molecular weight excluding hydrogens is 362 g/mol. The van der Waals surface area contributed by atoms with E-state index in [-0.39, 0.29) is 5.41 Å². The van der Waals surface area contributed by atoms with Crippen LogP contribution in [0.4, 0.5) is 0 Å². The zero-order valence-corrected chi connectivity index (χ0v) is 17.1. The molecule has 5 aromatic carbocycles. The van der Waals surface area contributed by atoms with E-state index >= 15 is 0 Å². The zero-order valence-electron chi connectivity index (χ0n) is 17.1. The molecule has 1 heterocycles. The number of hydrogen-bond acceptors (Lipinski definition) is 0. The Kier molecular flexibility index (Phi) is 2.88. The van der Waals surface area contributed by atoms with Crippen molar-refractivity contribution in [2.24, 2.45) is 0 Å². The predicted molar refractivity (Wildman–Crippen MR) is 128 cm³/mol. The Morgan fingerprint density at radius 3 is 1.97 bits per heavy atom. The van der Waals surface area contributed by atoms with Crippen LogP contribution in [-0.4, -0.2) is 4.98 Å². The van der Waals surface area contributed by atoms with E-state index in [4.69, 9.17) is 0 Å². The average Bonchev–Trinajstić information content (AvgIpc) is 3.28. The molecule has 30 heavy (non-hydrogen) atoms. The monoisotopic (exact) mass is 383 g/mol. The van der Waals surface area contributed by atoms with Crippen LogP contribution < -0.4 is 0 Å². The second-order valence-corrected chi connectivity index (χ2v) is 9.05. The Balaban J connectivity index is 1.75. The van der Waals surface area contributed by atoms with Gasteiger partial charge in [-0.2, -0.15) is 0 Å². The maximum Gasteiger partial charge on any atom is 0.0551 e. The van der Waals surface area contributed by atoms with Crippen molar-refractivity contribution in [3.8, 4) is 11.1 Å². The number of rotatable bonds is 0. The van der Waals surface area contributed by atoms with Crippen molar-refractivity contribution in [1.29, 1.82) is 0 Å². The summed E-state index contributed by atoms with van der Waals surface area (Å²) in [7, 11) is 0. The molecule has 0 unspecified atom stereocenters. The smallest absolute Gasteiger partial charge is 0.0551 e. The Bertz CT molecular complexity index is 1660. The third-order valence-corrected chi connectivity index (χ3v) is 7.17. The molecule has 1 heteroatoms. The van der Waals surface area contributed by atoms with Crippen LogP contribution in [0.15, 0.2) is 84.9 Å². The number of nitrogens with one attached hydrogen (secondary N) is 1. The number of aromatic amines is 1. The Hall–Kier alpha value is -3.58. The summed E-state index contributed by atoms with van der Waals surface area (Å²) in [5, 5.41) is 7.92. The highest BCUT2D eigenvalue weighted by atomic mass is 14.7. The molecule has 7 rings (SSSR count). The summed E-state index contributed by atoms with van der Waals surface area (Å²) in [5.41, 5.74) is 8.07. The molecule has 0 amide bonds. The van der Waals surface area contributed by atoms with Gasteiger partial charge in [0, 0.05) is 21.6 Å². The highest BCUT2D eigenvalue weighted by molar-refractivity contribution is 6.31. The van der Waals surface area contributed by atoms with Gasteiger partial charge >= 0.3 is 0 Å². The van der Waals surface area contributed by atoms with Crippen molar-refractivity contribution in [3.63, 3.8) is 0 Å². The molecular formula is C29H21N. The number of fused-ring (bicyclic) bond motifs is 12. The lowest BCUT2D eigenvalue weighted by Crippen LogP contribution is -2.15. The minimum Gasteiger partial charge on any atom is -0.354 e. The highest BCUT2D eigenvalue weighted by Crippen LogP contribution is 2.52. The van der Waals surface area contributed by atoms with E-state index in [0.717, 1.165) is 0 Å². The first kappa shape index (κ1) is 16.2. The third kappa shape index (κ3) is 1.79. The summed E-state index contributed by atoms with van der Waals surface area (Å²) in [6.45, 7) is 4.72. The van der Waals surface area contributed by atoms with Gasteiger partial charge in [0.25, 0.3) is 0 Å². The van der Waals surface area contributed by atoms with Crippen LogP contribution >= 0.6 is 0 Å². The van der Waals surface area contributed by atoms with Gasteiger partial charge in [-0.3, -0.25) is 0 Å². The molecule has 0 saturated carbocycles. The zero-order chi connectivity index (χ0) is 20.0. The van der Waals surface area contributed by atoms with Gasteiger partial charge in [0.15, 0.2) is 0 Å². The maximum atomic E-state index is 3.90. The largest absolute Gasteiger partial charge is 0.354 e. The molecule has 6 aromatic rings. The first-order valence-electron chi connectivity index (χ1n) is 10.6. The van der Waals surface area contributed by atoms with Crippen LogP contribution in [0.25, 0.3) is 54.5 Å². The van der Waals surface area contributed by atoms with E-state index < -0.39 is 0 Å². The molecule has 0 fully saturated rings. The number of benzene rings is 5. The normalized spacial score (nSPS) is 14.6. The van der Waals surface area contributed by atoms with Gasteiger partial charge in [0.05, 0.1) is 11.0 Å². The van der Waals surface area contributed by atoms with Crippen LogP contribution in [0.3, 0.4) is 0 Å². The van der Waals surface area contributed by atoms with Crippen molar-refractivity contribution in [1.82, 2.24) is 4.98 Å². The predicted octanol–water partition coefficient (Wildman–Crippen LogP) is 7.93. The van der Waals surface area contributed by atoms with Crippen LogP contribution in [-0.2, 0) is 5.41 Å². The first-order valence-corrected chi connectivity index (χ1v) is 10.6. The number of aromatic nitrogens is 1. The van der Waals surface area contributed by atoms with Crippen molar-refractivity contribution in [2.45, 2.75) is 19.3 Å². The number of H-pyrrole nitrogens is 1. The van der Waals surface area contributed by atoms with E-state index in [9.17, 15) is 0 Å². The van der Waals surface area contributed by atoms with E-state index in [1.807, 2.05) is 0 Å². The van der Waals surface area contributed by atoms with Crippen molar-refractivity contribution < 1.29 is 0 Å². The first-order chi connectivity index (χ1) is 14.7. The van der Waals surface area contributed by atoms with Crippen LogP contribution in [0, 0.1) is 0 Å². The molecule has 142 valence electrons. The molecule has 0 bridgehead atoms. The molecule has 1 aliphatic rings. The molecule has 1 nitrogen and oxygen atoms in total. The van der Waals surface area contributed by atoms with E-state index in [1.54, 1.807) is 0 Å². The second-order valence-electron chi connectivity index (χ2n) is 9.05. The molecule has 0 radical (unpaired) electrons. The summed E-state index contributed by atoms with van der Waals surface area (Å²) >= 11 is 0. The summed E-state index contributed by atoms with van der Waals surface area (Å²) in [5.74, 6) is 0. The van der Waals surface area contributed by atoms with Gasteiger partial charge in [-0.15, -0.1) is 0 Å². The molecule has 0 spiro atoms. The van der Waals surface area contributed by atoms with Crippen LogP contribution in [0.5, 0.6) is 0 Å². The second kappa shape index (κ2) is 5.31. The summed E-state index contributed by atoms with van der Waals surface area (Å²) in [4.78, 5) is 3.90. The number of hydrogen-bond donors (Lipinski definition) is 1.